The summed E-state index contributed by atoms with van der Waals surface area (Å²) in [6.45, 7) is 0. The topological polar surface area (TPSA) is 12.0 Å². The Hall–Kier alpha value is -1.32. The molecule has 98 valence electrons. The Morgan fingerprint density at radius 3 is 2.63 bits per heavy atom. The van der Waals surface area contributed by atoms with E-state index >= 15 is 0 Å². The van der Waals surface area contributed by atoms with E-state index in [4.69, 9.17) is 23.2 Å². The Morgan fingerprint density at radius 1 is 1.11 bits per heavy atom. The van der Waals surface area contributed by atoms with Crippen LogP contribution in [0.15, 0.2) is 30.3 Å². The van der Waals surface area contributed by atoms with Gasteiger partial charge in [0.15, 0.2) is 0 Å². The fourth-order valence-corrected chi connectivity index (χ4v) is 2.91. The van der Waals surface area contributed by atoms with E-state index in [1.807, 2.05) is 0 Å². The number of benzene rings is 2. The maximum Gasteiger partial charge on any atom is 0.149 e. The number of halogens is 4. The van der Waals surface area contributed by atoms with Crippen LogP contribution in [0.25, 0.3) is 0 Å². The molecule has 1 heterocycles. The molecule has 0 aliphatic carbocycles. The second-order valence-electron chi connectivity index (χ2n) is 4.49. The predicted octanol–water partition coefficient (Wildman–Crippen LogP) is 4.98. The molecule has 0 bridgehead atoms. The van der Waals surface area contributed by atoms with Gasteiger partial charge in [-0.05, 0) is 35.7 Å². The van der Waals surface area contributed by atoms with Crippen molar-refractivity contribution in [1.29, 1.82) is 0 Å². The lowest BCUT2D eigenvalue weighted by molar-refractivity contribution is 0.585. The molecule has 0 saturated heterocycles. The van der Waals surface area contributed by atoms with Crippen molar-refractivity contribution in [3.05, 3.63) is 63.1 Å². The van der Waals surface area contributed by atoms with Crippen molar-refractivity contribution < 1.29 is 8.78 Å². The maximum atomic E-state index is 13.6. The molecule has 0 spiro atoms. The summed E-state index contributed by atoms with van der Waals surface area (Å²) in [7, 11) is 0. The van der Waals surface area contributed by atoms with Gasteiger partial charge in [0.25, 0.3) is 0 Å². The number of hydrogen-bond donors (Lipinski definition) is 1. The molecule has 0 amide bonds. The normalized spacial score (nSPS) is 17.2. The molecule has 1 atom stereocenters. The predicted molar refractivity (Wildman–Crippen MR) is 72.9 cm³/mol. The maximum absolute atomic E-state index is 13.6. The molecule has 0 saturated carbocycles. The zero-order chi connectivity index (χ0) is 13.6. The first-order chi connectivity index (χ1) is 9.04. The van der Waals surface area contributed by atoms with Crippen molar-refractivity contribution in [1.82, 2.24) is 0 Å². The SMILES string of the molecule is Fc1cc(F)c2c(c1)CC(c1ccc(Cl)cc1Cl)N2. The zero-order valence-electron chi connectivity index (χ0n) is 9.68. The first-order valence-electron chi connectivity index (χ1n) is 5.74. The number of anilines is 1. The molecule has 1 unspecified atom stereocenters. The molecule has 5 heteroatoms. The molecule has 3 rings (SSSR count). The fraction of sp³-hybridized carbons (Fsp3) is 0.143. The van der Waals surface area contributed by atoms with Gasteiger partial charge in [0.05, 0.1) is 11.7 Å². The number of fused-ring (bicyclic) bond motifs is 1. The lowest BCUT2D eigenvalue weighted by atomic mass is 10.0. The lowest BCUT2D eigenvalue weighted by Gasteiger charge is -2.13. The van der Waals surface area contributed by atoms with Crippen molar-refractivity contribution in [3.8, 4) is 0 Å². The van der Waals surface area contributed by atoms with E-state index in [-0.39, 0.29) is 6.04 Å². The van der Waals surface area contributed by atoms with Gasteiger partial charge in [0, 0.05) is 16.1 Å². The van der Waals surface area contributed by atoms with Gasteiger partial charge < -0.3 is 5.32 Å². The highest BCUT2D eigenvalue weighted by molar-refractivity contribution is 6.35. The molecular weight excluding hydrogens is 291 g/mol. The van der Waals surface area contributed by atoms with E-state index in [0.717, 1.165) is 11.6 Å². The summed E-state index contributed by atoms with van der Waals surface area (Å²) in [6, 6.07) is 7.20. The highest BCUT2D eigenvalue weighted by Crippen LogP contribution is 2.39. The number of nitrogens with one attached hydrogen (secondary N) is 1. The van der Waals surface area contributed by atoms with Crippen LogP contribution in [0.5, 0.6) is 0 Å². The third-order valence-corrected chi connectivity index (χ3v) is 3.78. The third kappa shape index (κ3) is 2.28. The Morgan fingerprint density at radius 2 is 1.89 bits per heavy atom. The van der Waals surface area contributed by atoms with Gasteiger partial charge >= 0.3 is 0 Å². The van der Waals surface area contributed by atoms with Crippen LogP contribution in [0.3, 0.4) is 0 Å². The van der Waals surface area contributed by atoms with Gasteiger partial charge in [0.1, 0.15) is 11.6 Å². The molecule has 1 aliphatic heterocycles. The van der Waals surface area contributed by atoms with Gasteiger partial charge in [-0.25, -0.2) is 8.78 Å². The quantitative estimate of drug-likeness (QED) is 0.783. The van der Waals surface area contributed by atoms with E-state index in [9.17, 15) is 8.78 Å². The van der Waals surface area contributed by atoms with Crippen molar-refractivity contribution in [2.45, 2.75) is 12.5 Å². The van der Waals surface area contributed by atoms with Gasteiger partial charge in [-0.15, -0.1) is 0 Å². The molecular formula is C14H9Cl2F2N. The van der Waals surface area contributed by atoms with Gasteiger partial charge in [-0.2, -0.15) is 0 Å². The van der Waals surface area contributed by atoms with Crippen LogP contribution in [0.1, 0.15) is 17.2 Å². The van der Waals surface area contributed by atoms with Crippen molar-refractivity contribution in [2.24, 2.45) is 0 Å². The lowest BCUT2D eigenvalue weighted by Crippen LogP contribution is -2.06. The van der Waals surface area contributed by atoms with Crippen molar-refractivity contribution >= 4 is 28.9 Å². The van der Waals surface area contributed by atoms with Gasteiger partial charge in [-0.1, -0.05) is 29.3 Å². The van der Waals surface area contributed by atoms with Crippen LogP contribution in [-0.4, -0.2) is 0 Å². The minimum Gasteiger partial charge on any atom is -0.375 e. The third-order valence-electron chi connectivity index (χ3n) is 3.22. The molecule has 0 fully saturated rings. The zero-order valence-corrected chi connectivity index (χ0v) is 11.2. The summed E-state index contributed by atoms with van der Waals surface area (Å²) < 4.78 is 26.8. The smallest absolute Gasteiger partial charge is 0.149 e. The first kappa shape index (κ1) is 12.7. The average molecular weight is 300 g/mol. The van der Waals surface area contributed by atoms with Crippen LogP contribution in [0.2, 0.25) is 10.0 Å². The Kier molecular flexibility index (Phi) is 3.11. The van der Waals surface area contributed by atoms with Crippen molar-refractivity contribution in [3.63, 3.8) is 0 Å². The van der Waals surface area contributed by atoms with Gasteiger partial charge in [0.2, 0.25) is 0 Å². The second-order valence-corrected chi connectivity index (χ2v) is 5.33. The summed E-state index contributed by atoms with van der Waals surface area (Å²) in [4.78, 5) is 0. The van der Waals surface area contributed by atoms with Crippen LogP contribution in [-0.2, 0) is 6.42 Å². The Balaban J connectivity index is 1.97. The molecule has 2 aromatic carbocycles. The number of hydrogen-bond acceptors (Lipinski definition) is 1. The Labute approximate surface area is 119 Å². The summed E-state index contributed by atoms with van der Waals surface area (Å²) in [6.07, 6.45) is 0.491. The van der Waals surface area contributed by atoms with E-state index in [0.29, 0.717) is 27.7 Å². The minimum absolute atomic E-state index is 0.170. The first-order valence-corrected chi connectivity index (χ1v) is 6.49. The molecule has 19 heavy (non-hydrogen) atoms. The molecule has 2 aromatic rings. The van der Waals surface area contributed by atoms with E-state index in [2.05, 4.69) is 5.32 Å². The van der Waals surface area contributed by atoms with Crippen LogP contribution >= 0.6 is 23.2 Å². The van der Waals surface area contributed by atoms with Gasteiger partial charge in [-0.3, -0.25) is 0 Å². The number of rotatable bonds is 1. The molecule has 1 aliphatic rings. The summed E-state index contributed by atoms with van der Waals surface area (Å²) >= 11 is 12.0. The Bertz CT molecular complexity index is 658. The van der Waals surface area contributed by atoms with Crippen LogP contribution in [0, 0.1) is 11.6 Å². The van der Waals surface area contributed by atoms with Crippen LogP contribution in [0.4, 0.5) is 14.5 Å². The van der Waals surface area contributed by atoms with Crippen LogP contribution < -0.4 is 5.32 Å². The molecule has 1 N–H and O–H groups in total. The second kappa shape index (κ2) is 4.66. The summed E-state index contributed by atoms with van der Waals surface area (Å²) in [5.74, 6) is -1.15. The minimum atomic E-state index is -0.581. The summed E-state index contributed by atoms with van der Waals surface area (Å²) in [5, 5.41) is 4.09. The highest BCUT2D eigenvalue weighted by Gasteiger charge is 2.26. The molecule has 0 radical (unpaired) electrons. The fourth-order valence-electron chi connectivity index (χ4n) is 2.37. The summed E-state index contributed by atoms with van der Waals surface area (Å²) in [5.41, 5.74) is 1.79. The molecule has 1 nitrogen and oxygen atoms in total. The monoisotopic (exact) mass is 299 g/mol. The highest BCUT2D eigenvalue weighted by atomic mass is 35.5. The van der Waals surface area contributed by atoms with E-state index in [1.165, 1.54) is 6.07 Å². The van der Waals surface area contributed by atoms with Crippen molar-refractivity contribution in [2.75, 3.05) is 5.32 Å². The largest absolute Gasteiger partial charge is 0.375 e. The molecule has 0 aromatic heterocycles. The average Bonchev–Trinajstić information content (AvgIpc) is 2.72. The van der Waals surface area contributed by atoms with E-state index < -0.39 is 11.6 Å². The standard InChI is InChI=1S/C14H9Cl2F2N/c15-8-1-2-10(11(16)5-8)13-4-7-3-9(17)6-12(18)14(7)19-13/h1-3,5-6,13,19H,4H2. The van der Waals surface area contributed by atoms with E-state index in [1.54, 1.807) is 18.2 Å².